The maximum Gasteiger partial charge on any atom is 0.325 e. The number of benzene rings is 1. The first-order valence-corrected chi connectivity index (χ1v) is 7.87. The van der Waals surface area contributed by atoms with Crippen molar-refractivity contribution in [1.29, 1.82) is 0 Å². The molecule has 1 heterocycles. The summed E-state index contributed by atoms with van der Waals surface area (Å²) in [4.78, 5) is 36.4. The lowest BCUT2D eigenvalue weighted by Gasteiger charge is -2.09. The van der Waals surface area contributed by atoms with E-state index in [9.17, 15) is 14.4 Å². The van der Waals surface area contributed by atoms with Crippen molar-refractivity contribution in [2.75, 3.05) is 7.05 Å². The molecule has 0 bridgehead atoms. The van der Waals surface area contributed by atoms with Gasteiger partial charge in [0.05, 0.1) is 4.91 Å². The van der Waals surface area contributed by atoms with Crippen LogP contribution in [-0.4, -0.2) is 45.2 Å². The summed E-state index contributed by atoms with van der Waals surface area (Å²) in [6.45, 7) is 1.39. The quantitative estimate of drug-likeness (QED) is 0.635. The van der Waals surface area contributed by atoms with Crippen molar-refractivity contribution < 1.29 is 19.5 Å². The van der Waals surface area contributed by atoms with Crippen LogP contribution in [0.1, 0.15) is 22.8 Å². The van der Waals surface area contributed by atoms with Gasteiger partial charge in [-0.15, -0.1) is 0 Å². The summed E-state index contributed by atoms with van der Waals surface area (Å²) in [7, 11) is 1.62. The highest BCUT2D eigenvalue weighted by Crippen LogP contribution is 2.31. The summed E-state index contributed by atoms with van der Waals surface area (Å²) >= 11 is 6.28. The van der Waals surface area contributed by atoms with E-state index in [4.69, 9.17) is 17.3 Å². The molecule has 6 nitrogen and oxygen atoms in total. The highest BCUT2D eigenvalue weighted by Gasteiger charge is 2.28. The SMILES string of the molecule is C[C@@H](NC(=O)c1ccc(/C=C2/SC(=S)N(C)C2=O)cc1)C(=O)O. The zero-order chi connectivity index (χ0) is 17.1. The van der Waals surface area contributed by atoms with Crippen LogP contribution in [0, 0.1) is 0 Å². The van der Waals surface area contributed by atoms with E-state index in [0.29, 0.717) is 14.8 Å². The average molecular weight is 350 g/mol. The third-order valence-corrected chi connectivity index (χ3v) is 4.66. The van der Waals surface area contributed by atoms with E-state index in [1.54, 1.807) is 37.4 Å². The smallest absolute Gasteiger partial charge is 0.325 e. The van der Waals surface area contributed by atoms with Crippen molar-refractivity contribution in [1.82, 2.24) is 10.2 Å². The summed E-state index contributed by atoms with van der Waals surface area (Å²) in [6.07, 6.45) is 1.70. The second-order valence-electron chi connectivity index (χ2n) is 4.90. The Morgan fingerprint density at radius 1 is 1.35 bits per heavy atom. The van der Waals surface area contributed by atoms with E-state index < -0.39 is 17.9 Å². The van der Waals surface area contributed by atoms with Crippen LogP contribution in [0.25, 0.3) is 6.08 Å². The number of rotatable bonds is 4. The highest BCUT2D eigenvalue weighted by molar-refractivity contribution is 8.26. The molecule has 0 unspecified atom stereocenters. The number of carboxylic acids is 1. The zero-order valence-electron chi connectivity index (χ0n) is 12.4. The molecule has 1 aliphatic heterocycles. The van der Waals surface area contributed by atoms with Gasteiger partial charge < -0.3 is 10.4 Å². The Labute approximate surface area is 142 Å². The molecule has 2 amide bonds. The molecule has 1 atom stereocenters. The first-order valence-electron chi connectivity index (χ1n) is 6.65. The number of aliphatic carboxylic acids is 1. The number of thiocarbonyl (C=S) groups is 1. The fourth-order valence-corrected chi connectivity index (χ4v) is 2.95. The minimum absolute atomic E-state index is 0.155. The van der Waals surface area contributed by atoms with Crippen LogP contribution in [0.15, 0.2) is 29.2 Å². The first-order chi connectivity index (χ1) is 10.8. The Morgan fingerprint density at radius 3 is 2.43 bits per heavy atom. The van der Waals surface area contributed by atoms with Crippen molar-refractivity contribution in [3.63, 3.8) is 0 Å². The van der Waals surface area contributed by atoms with Crippen LogP contribution in [0.4, 0.5) is 0 Å². The Bertz CT molecular complexity index is 713. The second-order valence-corrected chi connectivity index (χ2v) is 6.57. The molecule has 120 valence electrons. The van der Waals surface area contributed by atoms with Gasteiger partial charge in [-0.3, -0.25) is 19.3 Å². The van der Waals surface area contributed by atoms with Crippen LogP contribution in [0.5, 0.6) is 0 Å². The molecule has 23 heavy (non-hydrogen) atoms. The number of carbonyl (C=O) groups is 3. The summed E-state index contributed by atoms with van der Waals surface area (Å²) in [5.41, 5.74) is 1.10. The molecule has 2 N–H and O–H groups in total. The van der Waals surface area contributed by atoms with Gasteiger partial charge in [-0.2, -0.15) is 0 Å². The Morgan fingerprint density at radius 2 is 1.96 bits per heavy atom. The van der Waals surface area contributed by atoms with Crippen LogP contribution in [-0.2, 0) is 9.59 Å². The summed E-state index contributed by atoms with van der Waals surface area (Å²) in [6, 6.07) is 5.55. The van der Waals surface area contributed by atoms with Gasteiger partial charge in [-0.25, -0.2) is 0 Å². The van der Waals surface area contributed by atoms with Crippen molar-refractivity contribution >= 4 is 52.2 Å². The molecule has 2 rings (SSSR count). The molecular weight excluding hydrogens is 336 g/mol. The molecule has 0 spiro atoms. The lowest BCUT2D eigenvalue weighted by Crippen LogP contribution is -2.38. The Kier molecular flexibility index (Phi) is 5.17. The molecule has 0 saturated carbocycles. The molecule has 8 heteroatoms. The van der Waals surface area contributed by atoms with Gasteiger partial charge in [-0.1, -0.05) is 36.1 Å². The van der Waals surface area contributed by atoms with Crippen molar-refractivity contribution in [3.05, 3.63) is 40.3 Å². The minimum atomic E-state index is -1.10. The standard InChI is InChI=1S/C15H14N2O4S2/c1-8(14(20)21)16-12(18)10-5-3-9(4-6-10)7-11-13(19)17(2)15(22)23-11/h3-8H,1-2H3,(H,16,18)(H,20,21)/b11-7+/t8-/m1/s1. The van der Waals surface area contributed by atoms with E-state index in [1.165, 1.54) is 23.6 Å². The normalized spacial score (nSPS) is 17.5. The highest BCUT2D eigenvalue weighted by atomic mass is 32.2. The molecule has 1 aromatic carbocycles. The molecular formula is C15H14N2O4S2. The molecule has 1 saturated heterocycles. The van der Waals surface area contributed by atoms with Crippen LogP contribution in [0.2, 0.25) is 0 Å². The van der Waals surface area contributed by atoms with Gasteiger partial charge in [0, 0.05) is 12.6 Å². The van der Waals surface area contributed by atoms with Crippen LogP contribution in [0.3, 0.4) is 0 Å². The van der Waals surface area contributed by atoms with E-state index in [2.05, 4.69) is 5.32 Å². The number of hydrogen-bond donors (Lipinski definition) is 2. The number of amides is 2. The predicted molar refractivity (Wildman–Crippen MR) is 91.9 cm³/mol. The number of nitrogens with zero attached hydrogens (tertiary/aromatic N) is 1. The number of carbonyl (C=O) groups excluding carboxylic acids is 2. The number of likely N-dealkylation sites (N-methyl/N-ethyl adjacent to an activating group) is 1. The van der Waals surface area contributed by atoms with Gasteiger partial charge >= 0.3 is 5.97 Å². The monoisotopic (exact) mass is 350 g/mol. The second kappa shape index (κ2) is 6.93. The largest absolute Gasteiger partial charge is 0.480 e. The fraction of sp³-hybridized carbons (Fsp3) is 0.200. The summed E-state index contributed by atoms with van der Waals surface area (Å²) in [5, 5.41) is 11.1. The lowest BCUT2D eigenvalue weighted by molar-refractivity contribution is -0.138. The third-order valence-electron chi connectivity index (χ3n) is 3.18. The van der Waals surface area contributed by atoms with Gasteiger partial charge in [0.2, 0.25) is 0 Å². The molecule has 0 radical (unpaired) electrons. The summed E-state index contributed by atoms with van der Waals surface area (Å²) in [5.74, 6) is -1.72. The molecule has 1 aliphatic rings. The van der Waals surface area contributed by atoms with Crippen molar-refractivity contribution in [2.45, 2.75) is 13.0 Å². The number of carboxylic acid groups (broad SMARTS) is 1. The zero-order valence-corrected chi connectivity index (χ0v) is 14.0. The van der Waals surface area contributed by atoms with E-state index in [0.717, 1.165) is 5.56 Å². The van der Waals surface area contributed by atoms with E-state index >= 15 is 0 Å². The molecule has 0 aromatic heterocycles. The first kappa shape index (κ1) is 17.2. The van der Waals surface area contributed by atoms with Gasteiger partial charge in [-0.05, 0) is 30.7 Å². The van der Waals surface area contributed by atoms with E-state index in [-0.39, 0.29) is 5.91 Å². The molecule has 0 aliphatic carbocycles. The van der Waals surface area contributed by atoms with Gasteiger partial charge in [0.15, 0.2) is 0 Å². The fourth-order valence-electron chi connectivity index (χ4n) is 1.77. The topological polar surface area (TPSA) is 86.7 Å². The van der Waals surface area contributed by atoms with E-state index in [1.807, 2.05) is 0 Å². The Hall–Kier alpha value is -2.19. The minimum Gasteiger partial charge on any atom is -0.480 e. The number of thioether (sulfide) groups is 1. The molecule has 1 aromatic rings. The third kappa shape index (κ3) is 3.96. The predicted octanol–water partition coefficient (Wildman–Crippen LogP) is 1.72. The maximum absolute atomic E-state index is 11.9. The van der Waals surface area contributed by atoms with Gasteiger partial charge in [0.1, 0.15) is 10.4 Å². The number of nitrogens with one attached hydrogen (secondary N) is 1. The lowest BCUT2D eigenvalue weighted by atomic mass is 10.1. The number of hydrogen-bond acceptors (Lipinski definition) is 5. The Balaban J connectivity index is 2.11. The van der Waals surface area contributed by atoms with Crippen LogP contribution < -0.4 is 5.32 Å². The van der Waals surface area contributed by atoms with Gasteiger partial charge in [0.25, 0.3) is 11.8 Å². The average Bonchev–Trinajstić information content (AvgIpc) is 2.75. The maximum atomic E-state index is 11.9. The van der Waals surface area contributed by atoms with Crippen molar-refractivity contribution in [3.8, 4) is 0 Å². The van der Waals surface area contributed by atoms with Crippen LogP contribution >= 0.6 is 24.0 Å². The molecule has 1 fully saturated rings. The summed E-state index contributed by atoms with van der Waals surface area (Å²) < 4.78 is 0.500. The van der Waals surface area contributed by atoms with Crippen molar-refractivity contribution in [2.24, 2.45) is 0 Å².